The van der Waals surface area contributed by atoms with Crippen molar-refractivity contribution < 1.29 is 28.4 Å². The van der Waals surface area contributed by atoms with Crippen molar-refractivity contribution in [2.24, 2.45) is 5.41 Å². The van der Waals surface area contributed by atoms with Crippen molar-refractivity contribution in [3.05, 3.63) is 23.8 Å². The van der Waals surface area contributed by atoms with E-state index in [1.165, 1.54) is 0 Å². The molecule has 1 aliphatic heterocycles. The third-order valence-electron chi connectivity index (χ3n) is 3.80. The largest absolute Gasteiger partial charge is 0.498 e. The summed E-state index contributed by atoms with van der Waals surface area (Å²) in [5, 5.41) is 0. The van der Waals surface area contributed by atoms with Gasteiger partial charge in [0.15, 0.2) is 0 Å². The van der Waals surface area contributed by atoms with E-state index in [4.69, 9.17) is 18.8 Å². The summed E-state index contributed by atoms with van der Waals surface area (Å²) in [4.78, 5) is 22.8. The molecule has 1 fully saturated rings. The molecule has 0 N–H and O–H groups in total. The molecule has 1 heterocycles. The van der Waals surface area contributed by atoms with Crippen LogP contribution in [0.3, 0.4) is 0 Å². The lowest BCUT2D eigenvalue weighted by Gasteiger charge is -2.33. The molecule has 0 unspecified atom stereocenters. The summed E-state index contributed by atoms with van der Waals surface area (Å²) >= 11 is 0. The van der Waals surface area contributed by atoms with Crippen molar-refractivity contribution in [2.45, 2.75) is 33.6 Å². The van der Waals surface area contributed by atoms with Gasteiger partial charge in [0.1, 0.15) is 12.0 Å². The summed E-state index contributed by atoms with van der Waals surface area (Å²) in [6.45, 7) is 7.67. The SMILES string of the molecule is CCOC(=O)CCCOc1cccc(C=O)c1B1OCC(C)(C)CO1. The van der Waals surface area contributed by atoms with Crippen LogP contribution in [0.15, 0.2) is 18.2 Å². The summed E-state index contributed by atoms with van der Waals surface area (Å²) in [6, 6.07) is 5.24. The maximum Gasteiger partial charge on any atom is 0.498 e. The van der Waals surface area contributed by atoms with Crippen molar-refractivity contribution in [1.82, 2.24) is 0 Å². The number of carbonyl (C=O) groups is 2. The lowest BCUT2D eigenvalue weighted by Crippen LogP contribution is -2.49. The third kappa shape index (κ3) is 5.58. The van der Waals surface area contributed by atoms with E-state index in [9.17, 15) is 9.59 Å². The van der Waals surface area contributed by atoms with Gasteiger partial charge in [-0.15, -0.1) is 0 Å². The van der Waals surface area contributed by atoms with Crippen LogP contribution in [0.4, 0.5) is 0 Å². The molecule has 0 spiro atoms. The Kier molecular flexibility index (Phi) is 7.02. The highest BCUT2D eigenvalue weighted by molar-refractivity contribution is 6.63. The van der Waals surface area contributed by atoms with Crippen molar-refractivity contribution >= 4 is 24.8 Å². The normalized spacial score (nSPS) is 16.4. The summed E-state index contributed by atoms with van der Waals surface area (Å²) in [5.41, 5.74) is 1.02. The number of benzene rings is 1. The van der Waals surface area contributed by atoms with Crippen molar-refractivity contribution in [3.8, 4) is 5.75 Å². The Morgan fingerprint density at radius 1 is 1.32 bits per heavy atom. The summed E-state index contributed by atoms with van der Waals surface area (Å²) in [7, 11) is -0.630. The minimum atomic E-state index is -0.630. The summed E-state index contributed by atoms with van der Waals surface area (Å²) in [6.07, 6.45) is 1.59. The molecule has 1 saturated heterocycles. The van der Waals surface area contributed by atoms with Crippen molar-refractivity contribution in [1.29, 1.82) is 0 Å². The Labute approximate surface area is 148 Å². The lowest BCUT2D eigenvalue weighted by atomic mass is 9.73. The summed E-state index contributed by atoms with van der Waals surface area (Å²) < 4.78 is 22.3. The molecule has 136 valence electrons. The Balaban J connectivity index is 2.03. The summed E-state index contributed by atoms with van der Waals surface area (Å²) in [5.74, 6) is 0.298. The van der Waals surface area contributed by atoms with Crippen LogP contribution in [0.5, 0.6) is 5.75 Å². The fourth-order valence-electron chi connectivity index (χ4n) is 2.53. The van der Waals surface area contributed by atoms with Crippen LogP contribution >= 0.6 is 0 Å². The van der Waals surface area contributed by atoms with Crippen LogP contribution in [-0.4, -0.2) is 45.8 Å². The maximum absolute atomic E-state index is 11.4. The number of hydrogen-bond donors (Lipinski definition) is 0. The average molecular weight is 348 g/mol. The molecule has 6 nitrogen and oxygen atoms in total. The van der Waals surface area contributed by atoms with E-state index in [1.54, 1.807) is 25.1 Å². The van der Waals surface area contributed by atoms with E-state index in [-0.39, 0.29) is 11.4 Å². The second-order valence-electron chi connectivity index (χ2n) is 6.75. The molecule has 0 atom stereocenters. The topological polar surface area (TPSA) is 71.1 Å². The zero-order valence-electron chi connectivity index (χ0n) is 15.1. The molecular formula is C18H25BO6. The maximum atomic E-state index is 11.4. The smallest absolute Gasteiger partial charge is 0.494 e. The monoisotopic (exact) mass is 348 g/mol. The van der Waals surface area contributed by atoms with Crippen LogP contribution in [0.1, 0.15) is 44.0 Å². The highest BCUT2D eigenvalue weighted by atomic mass is 16.6. The first-order valence-electron chi connectivity index (χ1n) is 8.56. The quantitative estimate of drug-likeness (QED) is 0.310. The first-order valence-corrected chi connectivity index (χ1v) is 8.56. The van der Waals surface area contributed by atoms with Gasteiger partial charge < -0.3 is 18.8 Å². The minimum absolute atomic E-state index is 0.0622. The molecule has 7 heteroatoms. The van der Waals surface area contributed by atoms with Gasteiger partial charge in [-0.25, -0.2) is 0 Å². The van der Waals surface area contributed by atoms with E-state index in [1.807, 2.05) is 0 Å². The van der Waals surface area contributed by atoms with Crippen LogP contribution < -0.4 is 10.2 Å². The number of hydrogen-bond acceptors (Lipinski definition) is 6. The van der Waals surface area contributed by atoms with Crippen LogP contribution in [-0.2, 0) is 18.8 Å². The van der Waals surface area contributed by atoms with Crippen molar-refractivity contribution in [3.63, 3.8) is 0 Å². The van der Waals surface area contributed by atoms with Crippen LogP contribution in [0.2, 0.25) is 0 Å². The molecular weight excluding hydrogens is 323 g/mol. The van der Waals surface area contributed by atoms with E-state index in [0.717, 1.165) is 6.29 Å². The number of rotatable bonds is 8. The molecule has 0 aromatic heterocycles. The second-order valence-corrected chi connectivity index (χ2v) is 6.75. The number of carbonyl (C=O) groups excluding carboxylic acids is 2. The van der Waals surface area contributed by atoms with Gasteiger partial charge in [-0.1, -0.05) is 26.0 Å². The number of ether oxygens (including phenoxy) is 2. The molecule has 1 aromatic carbocycles. The molecule has 0 aliphatic carbocycles. The molecule has 0 saturated carbocycles. The molecule has 0 radical (unpaired) electrons. The Morgan fingerprint density at radius 2 is 2.04 bits per heavy atom. The van der Waals surface area contributed by atoms with Gasteiger partial charge in [0.25, 0.3) is 0 Å². The van der Waals surface area contributed by atoms with Gasteiger partial charge >= 0.3 is 13.1 Å². The van der Waals surface area contributed by atoms with Gasteiger partial charge in [0.2, 0.25) is 0 Å². The zero-order chi connectivity index (χ0) is 18.3. The van der Waals surface area contributed by atoms with E-state index in [2.05, 4.69) is 13.8 Å². The molecule has 0 amide bonds. The van der Waals surface area contributed by atoms with Crippen LogP contribution in [0, 0.1) is 5.41 Å². The first kappa shape index (κ1) is 19.5. The standard InChI is InChI=1S/C18H25BO6/c1-4-22-16(21)9-6-10-23-15-8-5-7-14(11-20)17(15)19-24-12-18(2,3)13-25-19/h5,7-8,11H,4,6,9-10,12-13H2,1-3H3. The van der Waals surface area contributed by atoms with E-state index in [0.29, 0.717) is 56.0 Å². The van der Waals surface area contributed by atoms with Gasteiger partial charge in [-0.3, -0.25) is 9.59 Å². The van der Waals surface area contributed by atoms with E-state index >= 15 is 0 Å². The average Bonchev–Trinajstić information content (AvgIpc) is 2.59. The van der Waals surface area contributed by atoms with Gasteiger partial charge in [0, 0.05) is 36.1 Å². The van der Waals surface area contributed by atoms with E-state index < -0.39 is 7.12 Å². The third-order valence-corrected chi connectivity index (χ3v) is 3.80. The van der Waals surface area contributed by atoms with Crippen LogP contribution in [0.25, 0.3) is 0 Å². The highest BCUT2D eigenvalue weighted by Gasteiger charge is 2.36. The fraction of sp³-hybridized carbons (Fsp3) is 0.556. The Hall–Kier alpha value is -1.86. The predicted molar refractivity (Wildman–Crippen MR) is 94.3 cm³/mol. The highest BCUT2D eigenvalue weighted by Crippen LogP contribution is 2.23. The molecule has 1 aromatic rings. The lowest BCUT2D eigenvalue weighted by molar-refractivity contribution is -0.143. The van der Waals surface area contributed by atoms with Crippen molar-refractivity contribution in [2.75, 3.05) is 26.4 Å². The minimum Gasteiger partial charge on any atom is -0.494 e. The molecule has 1 aliphatic rings. The van der Waals surface area contributed by atoms with Gasteiger partial charge in [-0.2, -0.15) is 0 Å². The second kappa shape index (κ2) is 9.01. The number of esters is 1. The van der Waals surface area contributed by atoms with Gasteiger partial charge in [-0.05, 0) is 19.4 Å². The molecule has 2 rings (SSSR count). The molecule has 0 bridgehead atoms. The Bertz CT molecular complexity index is 591. The Morgan fingerprint density at radius 3 is 2.68 bits per heavy atom. The predicted octanol–water partition coefficient (Wildman–Crippen LogP) is 1.99. The van der Waals surface area contributed by atoms with Gasteiger partial charge in [0.05, 0.1) is 13.2 Å². The first-order chi connectivity index (χ1) is 12.0. The number of aldehydes is 1. The zero-order valence-corrected chi connectivity index (χ0v) is 15.1. The fourth-order valence-corrected chi connectivity index (χ4v) is 2.53. The molecule has 25 heavy (non-hydrogen) atoms.